The number of imide groups is 2. The summed E-state index contributed by atoms with van der Waals surface area (Å²) in [6, 6.07) is 16.1. The molecule has 3 aromatic carbocycles. The van der Waals surface area contributed by atoms with Crippen LogP contribution >= 0.6 is 0 Å². The van der Waals surface area contributed by atoms with E-state index in [0.29, 0.717) is 11.1 Å². The number of hydrogen-bond donors (Lipinski definition) is 3. The van der Waals surface area contributed by atoms with E-state index in [2.05, 4.69) is 0 Å². The van der Waals surface area contributed by atoms with E-state index in [1.807, 2.05) is 6.08 Å². The molecule has 2 saturated heterocycles. The summed E-state index contributed by atoms with van der Waals surface area (Å²) in [5.41, 5.74) is 2.22. The molecule has 7 rings (SSSR count). The normalized spacial score (nSPS) is 26.8. The molecule has 0 unspecified atom stereocenters. The maximum atomic E-state index is 14.2. The van der Waals surface area contributed by atoms with Crippen molar-refractivity contribution < 1.29 is 44.1 Å². The maximum Gasteiger partial charge on any atom is 0.335 e. The average Bonchev–Trinajstić information content (AvgIpc) is 3.45. The van der Waals surface area contributed by atoms with Crippen molar-refractivity contribution in [2.24, 2.45) is 29.6 Å². The number of phenols is 1. The van der Waals surface area contributed by atoms with Crippen LogP contribution in [-0.4, -0.2) is 50.9 Å². The molecule has 6 atom stereocenters. The van der Waals surface area contributed by atoms with Gasteiger partial charge in [-0.15, -0.1) is 0 Å². The van der Waals surface area contributed by atoms with Crippen molar-refractivity contribution >= 4 is 46.9 Å². The molecule has 0 radical (unpaired) electrons. The molecule has 11 nitrogen and oxygen atoms in total. The predicted molar refractivity (Wildman–Crippen MR) is 162 cm³/mol. The Labute approximate surface area is 262 Å². The summed E-state index contributed by atoms with van der Waals surface area (Å²) in [7, 11) is 0. The number of benzene rings is 3. The highest BCUT2D eigenvalue weighted by Gasteiger charge is 2.62. The number of aryl methyl sites for hydroxylation is 1. The molecule has 0 aromatic heterocycles. The van der Waals surface area contributed by atoms with Crippen LogP contribution in [0.15, 0.2) is 78.4 Å². The molecule has 2 heterocycles. The lowest BCUT2D eigenvalue weighted by molar-refractivity contribution is -0.126. The minimum absolute atomic E-state index is 0.00314. The number of carboxylic acid groups (broad SMARTS) is 2. The third kappa shape index (κ3) is 4.18. The summed E-state index contributed by atoms with van der Waals surface area (Å²) in [6.45, 7) is 1.73. The Morgan fingerprint density at radius 3 is 1.74 bits per heavy atom. The largest absolute Gasteiger partial charge is 0.507 e. The number of aromatic hydroxyl groups is 1. The predicted octanol–water partition coefficient (Wildman–Crippen LogP) is 4.14. The van der Waals surface area contributed by atoms with Crippen LogP contribution in [0.2, 0.25) is 0 Å². The zero-order valence-corrected chi connectivity index (χ0v) is 24.5. The topological polar surface area (TPSA) is 170 Å². The lowest BCUT2D eigenvalue weighted by atomic mass is 9.57. The third-order valence-electron chi connectivity index (χ3n) is 10.00. The summed E-state index contributed by atoms with van der Waals surface area (Å²) in [5, 5.41) is 29.9. The molecule has 3 fully saturated rings. The second kappa shape index (κ2) is 10.5. The minimum Gasteiger partial charge on any atom is -0.507 e. The first-order valence-corrected chi connectivity index (χ1v) is 14.9. The summed E-state index contributed by atoms with van der Waals surface area (Å²) < 4.78 is 0. The van der Waals surface area contributed by atoms with Crippen molar-refractivity contribution in [2.45, 2.75) is 25.7 Å². The molecule has 4 amide bonds. The number of aromatic carboxylic acids is 2. The van der Waals surface area contributed by atoms with Crippen molar-refractivity contribution in [1.29, 1.82) is 0 Å². The Bertz CT molecular complexity index is 1900. The number of rotatable bonds is 5. The van der Waals surface area contributed by atoms with Crippen LogP contribution in [0.1, 0.15) is 50.6 Å². The highest BCUT2D eigenvalue weighted by Crippen LogP contribution is 2.59. The number of para-hydroxylation sites is 1. The van der Waals surface area contributed by atoms with Gasteiger partial charge in [-0.1, -0.05) is 29.8 Å². The number of fused-ring (bicyclic) bond motifs is 4. The van der Waals surface area contributed by atoms with Gasteiger partial charge in [0.25, 0.3) is 0 Å². The summed E-state index contributed by atoms with van der Waals surface area (Å²) in [4.78, 5) is 81.0. The number of allylic oxidation sites excluding steroid dienone is 2. The molecule has 0 spiro atoms. The van der Waals surface area contributed by atoms with Crippen LogP contribution in [0, 0.1) is 36.5 Å². The van der Waals surface area contributed by atoms with E-state index < -0.39 is 71.1 Å². The van der Waals surface area contributed by atoms with Gasteiger partial charge in [-0.05, 0) is 79.8 Å². The van der Waals surface area contributed by atoms with Gasteiger partial charge in [0, 0.05) is 11.5 Å². The number of anilines is 2. The van der Waals surface area contributed by atoms with Gasteiger partial charge in [0.1, 0.15) is 5.75 Å². The number of hydrogen-bond acceptors (Lipinski definition) is 7. The Hall–Kier alpha value is -5.58. The summed E-state index contributed by atoms with van der Waals surface area (Å²) >= 11 is 0. The molecule has 1 saturated carbocycles. The van der Waals surface area contributed by atoms with E-state index in [0.717, 1.165) is 15.4 Å². The second-order valence-electron chi connectivity index (χ2n) is 12.3. The third-order valence-corrected chi connectivity index (χ3v) is 10.00. The molecule has 232 valence electrons. The molecule has 4 aliphatic rings. The summed E-state index contributed by atoms with van der Waals surface area (Å²) in [6.07, 6.45) is 2.21. The second-order valence-corrected chi connectivity index (χ2v) is 12.3. The first-order chi connectivity index (χ1) is 22.0. The number of amides is 4. The number of phenolic OH excluding ortho intramolecular Hbond substituents is 1. The Kier molecular flexibility index (Phi) is 6.66. The minimum atomic E-state index is -1.15. The fraction of sp³-hybridized carbons (Fsp3) is 0.257. The molecule has 0 bridgehead atoms. The standard InChI is InChI=1S/C35H28N2O9/c1-16-3-2-4-22(29(16)38)26-21-13-14-23-27(32(41)36(30(23)39)19-9-5-17(6-10-19)34(43)44)24(21)15-25-28(26)33(42)37(31(25)40)20-11-7-18(8-12-20)35(45)46/h2-13,23-28,38H,14-15H2,1H3,(H,43,44)(H,45,46)/t23-,24+,25+,26+,27-,28+/m0/s1. The van der Waals surface area contributed by atoms with Crippen molar-refractivity contribution in [3.63, 3.8) is 0 Å². The fourth-order valence-electron chi connectivity index (χ4n) is 7.88. The fourth-order valence-corrected chi connectivity index (χ4v) is 7.88. The van der Waals surface area contributed by atoms with Gasteiger partial charge in [-0.25, -0.2) is 9.59 Å². The van der Waals surface area contributed by atoms with Crippen LogP contribution in [0.5, 0.6) is 5.75 Å². The molecule has 46 heavy (non-hydrogen) atoms. The van der Waals surface area contributed by atoms with Crippen molar-refractivity contribution in [3.05, 3.63) is 101 Å². The van der Waals surface area contributed by atoms with Gasteiger partial charge in [0.05, 0.1) is 46.2 Å². The molecule has 11 heteroatoms. The van der Waals surface area contributed by atoms with E-state index >= 15 is 0 Å². The van der Waals surface area contributed by atoms with Crippen LogP contribution in [0.4, 0.5) is 11.4 Å². The van der Waals surface area contributed by atoms with E-state index in [-0.39, 0.29) is 41.1 Å². The van der Waals surface area contributed by atoms with Gasteiger partial charge in [0.2, 0.25) is 23.6 Å². The van der Waals surface area contributed by atoms with E-state index in [1.54, 1.807) is 25.1 Å². The monoisotopic (exact) mass is 620 g/mol. The van der Waals surface area contributed by atoms with Gasteiger partial charge in [-0.3, -0.25) is 29.0 Å². The quantitative estimate of drug-likeness (QED) is 0.280. The highest BCUT2D eigenvalue weighted by atomic mass is 16.4. The van der Waals surface area contributed by atoms with Crippen LogP contribution in [0.3, 0.4) is 0 Å². The molecule has 2 aliphatic carbocycles. The molecular weight excluding hydrogens is 592 g/mol. The molecule has 3 N–H and O–H groups in total. The zero-order valence-electron chi connectivity index (χ0n) is 24.5. The van der Waals surface area contributed by atoms with Crippen LogP contribution < -0.4 is 9.80 Å². The first kappa shape index (κ1) is 29.1. The van der Waals surface area contributed by atoms with E-state index in [9.17, 15) is 44.1 Å². The maximum absolute atomic E-state index is 14.2. The number of carbonyl (C=O) groups excluding carboxylic acids is 4. The number of carbonyl (C=O) groups is 6. The zero-order chi connectivity index (χ0) is 32.6. The van der Waals surface area contributed by atoms with Crippen molar-refractivity contribution in [2.75, 3.05) is 9.80 Å². The Balaban J connectivity index is 1.31. The summed E-state index contributed by atoms with van der Waals surface area (Å²) in [5.74, 6) is -8.81. The highest BCUT2D eigenvalue weighted by molar-refractivity contribution is 6.24. The Morgan fingerprint density at radius 1 is 0.674 bits per heavy atom. The van der Waals surface area contributed by atoms with Gasteiger partial charge in [-0.2, -0.15) is 0 Å². The van der Waals surface area contributed by atoms with Gasteiger partial charge < -0.3 is 15.3 Å². The first-order valence-electron chi connectivity index (χ1n) is 14.9. The molecule has 2 aliphatic heterocycles. The van der Waals surface area contributed by atoms with Crippen LogP contribution in [-0.2, 0) is 19.2 Å². The Morgan fingerprint density at radius 2 is 1.20 bits per heavy atom. The lowest BCUT2D eigenvalue weighted by Crippen LogP contribution is -2.43. The van der Waals surface area contributed by atoms with Gasteiger partial charge in [0.15, 0.2) is 0 Å². The van der Waals surface area contributed by atoms with Gasteiger partial charge >= 0.3 is 11.9 Å². The van der Waals surface area contributed by atoms with E-state index in [4.69, 9.17) is 0 Å². The van der Waals surface area contributed by atoms with E-state index in [1.165, 1.54) is 48.5 Å². The van der Waals surface area contributed by atoms with Crippen LogP contribution in [0.25, 0.3) is 0 Å². The molecule has 3 aromatic rings. The number of carboxylic acids is 2. The average molecular weight is 621 g/mol. The van der Waals surface area contributed by atoms with Crippen molar-refractivity contribution in [3.8, 4) is 5.75 Å². The van der Waals surface area contributed by atoms with Crippen molar-refractivity contribution in [1.82, 2.24) is 0 Å². The molecular formula is C35H28N2O9. The SMILES string of the molecule is Cc1cccc([C@H]2C3=CC[C@@H]4C(=O)N(c5ccc(C(=O)O)cc5)C(=O)[C@@H]4[C@@H]3C[C@H]3C(=O)N(c4ccc(C(=O)O)cc4)C(=O)[C@@H]23)c1O. The number of nitrogens with zero attached hydrogens (tertiary/aromatic N) is 2. The lowest BCUT2D eigenvalue weighted by Gasteiger charge is -2.44. The smallest absolute Gasteiger partial charge is 0.335 e.